The molecule has 1 saturated heterocycles. The number of methoxy groups -OCH3 is 1. The van der Waals surface area contributed by atoms with Crippen molar-refractivity contribution in [3.05, 3.63) is 28.8 Å². The van der Waals surface area contributed by atoms with Gasteiger partial charge in [0.15, 0.2) is 0 Å². The molecule has 0 saturated carbocycles. The number of benzene rings is 1. The van der Waals surface area contributed by atoms with Crippen LogP contribution >= 0.6 is 0 Å². The third-order valence-corrected chi connectivity index (χ3v) is 3.80. The molecule has 1 aliphatic rings. The van der Waals surface area contributed by atoms with Gasteiger partial charge in [-0.1, -0.05) is 0 Å². The number of amides is 1. The molecule has 122 valence electrons. The molecule has 0 radical (unpaired) electrons. The molecule has 0 spiro atoms. The molecule has 1 aromatic carbocycles. The summed E-state index contributed by atoms with van der Waals surface area (Å²) in [5.41, 5.74) is 1.21. The number of β-amino-alcohol motifs (C(OH)–C–C–N with tert-alkyl or cyclic N) is 1. The van der Waals surface area contributed by atoms with Crippen molar-refractivity contribution in [2.45, 2.75) is 45.8 Å². The van der Waals surface area contributed by atoms with Crippen LogP contribution < -0.4 is 4.74 Å². The Balaban J connectivity index is 2.13. The van der Waals surface area contributed by atoms with Crippen molar-refractivity contribution < 1.29 is 19.4 Å². The Bertz CT molecular complexity index is 583. The average Bonchev–Trinajstić information content (AvgIpc) is 2.35. The minimum Gasteiger partial charge on any atom is -0.496 e. The zero-order valence-corrected chi connectivity index (χ0v) is 14.2. The first-order valence-corrected chi connectivity index (χ1v) is 7.42. The van der Waals surface area contributed by atoms with Crippen LogP contribution in [0.1, 0.15) is 37.5 Å². The van der Waals surface area contributed by atoms with E-state index >= 15 is 0 Å². The second kappa shape index (κ2) is 5.47. The maximum atomic E-state index is 12.0. The van der Waals surface area contributed by atoms with Gasteiger partial charge in [0.1, 0.15) is 17.0 Å². The van der Waals surface area contributed by atoms with E-state index in [-0.39, 0.29) is 19.2 Å². The summed E-state index contributed by atoms with van der Waals surface area (Å²) in [6.45, 7) is 9.85. The number of nitrogens with zero attached hydrogens (tertiary/aromatic N) is 1. The lowest BCUT2D eigenvalue weighted by atomic mass is 9.83. The molecule has 0 aliphatic carbocycles. The second-order valence-electron chi connectivity index (χ2n) is 7.00. The van der Waals surface area contributed by atoms with Gasteiger partial charge in [-0.3, -0.25) is 0 Å². The molecular weight excluding hydrogens is 282 g/mol. The molecule has 1 N–H and O–H groups in total. The van der Waals surface area contributed by atoms with E-state index in [1.165, 1.54) is 4.90 Å². The van der Waals surface area contributed by atoms with Crippen LogP contribution in [0.4, 0.5) is 4.79 Å². The first-order chi connectivity index (χ1) is 10.1. The molecule has 0 bridgehead atoms. The molecule has 22 heavy (non-hydrogen) atoms. The number of carbonyl (C=O) groups is 1. The standard InChI is InChI=1S/C17H25NO4/c1-11-8-14(21-6)12(2)7-13(11)17(20)9-18(10-17)15(19)22-16(3,4)5/h7-8,20H,9-10H2,1-6H3. The van der Waals surface area contributed by atoms with Crippen molar-refractivity contribution in [3.8, 4) is 5.75 Å². The number of ether oxygens (including phenoxy) is 2. The highest BCUT2D eigenvalue weighted by Gasteiger charge is 2.47. The molecule has 1 fully saturated rings. The van der Waals surface area contributed by atoms with Crippen LogP contribution in [0.3, 0.4) is 0 Å². The van der Waals surface area contributed by atoms with Gasteiger partial charge in [0.2, 0.25) is 0 Å². The quantitative estimate of drug-likeness (QED) is 0.912. The predicted octanol–water partition coefficient (Wildman–Crippen LogP) is 2.75. The first-order valence-electron chi connectivity index (χ1n) is 7.42. The Morgan fingerprint density at radius 1 is 1.23 bits per heavy atom. The van der Waals surface area contributed by atoms with E-state index in [2.05, 4.69) is 0 Å². The minimum atomic E-state index is -1.02. The summed E-state index contributed by atoms with van der Waals surface area (Å²) < 4.78 is 10.6. The molecule has 1 aromatic rings. The fourth-order valence-electron chi connectivity index (χ4n) is 2.72. The van der Waals surface area contributed by atoms with Crippen LogP contribution in [0, 0.1) is 13.8 Å². The largest absolute Gasteiger partial charge is 0.496 e. The molecule has 0 unspecified atom stereocenters. The van der Waals surface area contributed by atoms with Crippen molar-refractivity contribution in [1.29, 1.82) is 0 Å². The van der Waals surface area contributed by atoms with E-state index in [9.17, 15) is 9.90 Å². The van der Waals surface area contributed by atoms with Crippen LogP contribution in [-0.4, -0.2) is 41.9 Å². The van der Waals surface area contributed by atoms with Gasteiger partial charge in [0.05, 0.1) is 20.2 Å². The third kappa shape index (κ3) is 3.19. The summed E-state index contributed by atoms with van der Waals surface area (Å²) in [7, 11) is 1.63. The van der Waals surface area contributed by atoms with E-state index < -0.39 is 11.2 Å². The smallest absolute Gasteiger partial charge is 0.410 e. The number of carbonyl (C=O) groups excluding carboxylic acids is 1. The SMILES string of the molecule is COc1cc(C)c(C2(O)CN(C(=O)OC(C)(C)C)C2)cc1C. The molecule has 5 nitrogen and oxygen atoms in total. The molecule has 0 aromatic heterocycles. The van der Waals surface area contributed by atoms with Crippen molar-refractivity contribution in [1.82, 2.24) is 4.90 Å². The van der Waals surface area contributed by atoms with Crippen LogP contribution in [0.2, 0.25) is 0 Å². The second-order valence-corrected chi connectivity index (χ2v) is 7.00. The van der Waals surface area contributed by atoms with Gasteiger partial charge in [-0.05, 0) is 63.4 Å². The lowest BCUT2D eigenvalue weighted by Crippen LogP contribution is -2.62. The monoisotopic (exact) mass is 307 g/mol. The lowest BCUT2D eigenvalue weighted by Gasteiger charge is -2.47. The minimum absolute atomic E-state index is 0.245. The van der Waals surface area contributed by atoms with E-state index in [4.69, 9.17) is 9.47 Å². The maximum Gasteiger partial charge on any atom is 0.410 e. The van der Waals surface area contributed by atoms with Gasteiger partial charge in [-0.25, -0.2) is 4.79 Å². The van der Waals surface area contributed by atoms with E-state index in [0.29, 0.717) is 0 Å². The van der Waals surface area contributed by atoms with E-state index in [0.717, 1.165) is 22.4 Å². The number of likely N-dealkylation sites (tertiary alicyclic amines) is 1. The molecule has 2 rings (SSSR count). The number of aryl methyl sites for hydroxylation is 2. The summed E-state index contributed by atoms with van der Waals surface area (Å²) in [4.78, 5) is 13.5. The number of hydrogen-bond donors (Lipinski definition) is 1. The molecule has 1 amide bonds. The normalized spacial score (nSPS) is 17.0. The number of hydrogen-bond acceptors (Lipinski definition) is 4. The Morgan fingerprint density at radius 2 is 1.82 bits per heavy atom. The fourth-order valence-corrected chi connectivity index (χ4v) is 2.72. The summed E-state index contributed by atoms with van der Waals surface area (Å²) in [5.74, 6) is 0.799. The average molecular weight is 307 g/mol. The third-order valence-electron chi connectivity index (χ3n) is 3.80. The number of rotatable bonds is 2. The molecule has 5 heteroatoms. The first kappa shape index (κ1) is 16.6. The van der Waals surface area contributed by atoms with Gasteiger partial charge in [-0.2, -0.15) is 0 Å². The van der Waals surface area contributed by atoms with Crippen molar-refractivity contribution in [3.63, 3.8) is 0 Å². The topological polar surface area (TPSA) is 59.0 Å². The highest BCUT2D eigenvalue weighted by atomic mass is 16.6. The van der Waals surface area contributed by atoms with Crippen molar-refractivity contribution in [2.75, 3.05) is 20.2 Å². The van der Waals surface area contributed by atoms with E-state index in [1.54, 1.807) is 7.11 Å². The van der Waals surface area contributed by atoms with Crippen molar-refractivity contribution in [2.24, 2.45) is 0 Å². The van der Waals surface area contributed by atoms with Gasteiger partial charge >= 0.3 is 6.09 Å². The van der Waals surface area contributed by atoms with Crippen LogP contribution in [0.25, 0.3) is 0 Å². The van der Waals surface area contributed by atoms with Gasteiger partial charge in [0, 0.05) is 0 Å². The Kier molecular flexibility index (Phi) is 4.13. The predicted molar refractivity (Wildman–Crippen MR) is 84.2 cm³/mol. The zero-order chi connectivity index (χ0) is 16.7. The summed E-state index contributed by atoms with van der Waals surface area (Å²) >= 11 is 0. The van der Waals surface area contributed by atoms with Gasteiger partial charge in [-0.15, -0.1) is 0 Å². The highest BCUT2D eigenvalue weighted by molar-refractivity contribution is 5.70. The van der Waals surface area contributed by atoms with E-state index in [1.807, 2.05) is 46.8 Å². The van der Waals surface area contributed by atoms with Crippen LogP contribution in [-0.2, 0) is 10.3 Å². The Hall–Kier alpha value is -1.75. The Labute approximate surface area is 131 Å². The molecule has 1 heterocycles. The molecule has 0 atom stereocenters. The fraction of sp³-hybridized carbons (Fsp3) is 0.588. The zero-order valence-electron chi connectivity index (χ0n) is 14.2. The summed E-state index contributed by atoms with van der Waals surface area (Å²) in [6.07, 6.45) is -0.389. The van der Waals surface area contributed by atoms with Crippen LogP contribution in [0.15, 0.2) is 12.1 Å². The molecular formula is C17H25NO4. The van der Waals surface area contributed by atoms with Gasteiger partial charge < -0.3 is 19.5 Å². The maximum absolute atomic E-state index is 12.0. The summed E-state index contributed by atoms with van der Waals surface area (Å²) in [5, 5.41) is 10.8. The molecule has 1 aliphatic heterocycles. The summed E-state index contributed by atoms with van der Waals surface area (Å²) in [6, 6.07) is 3.85. The van der Waals surface area contributed by atoms with Crippen molar-refractivity contribution >= 4 is 6.09 Å². The number of aliphatic hydroxyl groups is 1. The Morgan fingerprint density at radius 3 is 2.32 bits per heavy atom. The lowest BCUT2D eigenvalue weighted by molar-refractivity contribution is -0.104. The van der Waals surface area contributed by atoms with Gasteiger partial charge in [0.25, 0.3) is 0 Å². The van der Waals surface area contributed by atoms with Crippen LogP contribution in [0.5, 0.6) is 5.75 Å². The highest BCUT2D eigenvalue weighted by Crippen LogP contribution is 2.37.